The van der Waals surface area contributed by atoms with Gasteiger partial charge in [-0.3, -0.25) is 9.69 Å². The third-order valence-electron chi connectivity index (χ3n) is 4.31. The average Bonchev–Trinajstić information content (AvgIpc) is 2.86. The Labute approximate surface area is 135 Å². The molecule has 2 unspecified atom stereocenters. The van der Waals surface area contributed by atoms with Crippen molar-refractivity contribution < 1.29 is 4.79 Å². The van der Waals surface area contributed by atoms with Crippen LogP contribution in [0.2, 0.25) is 4.34 Å². The second kappa shape index (κ2) is 7.58. The van der Waals surface area contributed by atoms with Gasteiger partial charge in [-0.05, 0) is 43.5 Å². The standard InChI is InChI=1S/C15H24ClN3OS/c1-11-5-6-19(8-12(11)7-17)10-15(20)18(2)9-13-3-4-14(16)21-13/h3-4,11-12H,5-10,17H2,1-2H3. The van der Waals surface area contributed by atoms with Gasteiger partial charge in [-0.25, -0.2) is 0 Å². The number of thiophene rings is 1. The summed E-state index contributed by atoms with van der Waals surface area (Å²) in [7, 11) is 1.85. The van der Waals surface area contributed by atoms with Gasteiger partial charge in [-0.1, -0.05) is 18.5 Å². The highest BCUT2D eigenvalue weighted by atomic mass is 35.5. The molecule has 1 fully saturated rings. The van der Waals surface area contributed by atoms with E-state index in [1.807, 2.05) is 19.2 Å². The van der Waals surface area contributed by atoms with Crippen LogP contribution in [0.25, 0.3) is 0 Å². The Kier molecular flexibility index (Phi) is 6.05. The molecule has 2 heterocycles. The smallest absolute Gasteiger partial charge is 0.236 e. The van der Waals surface area contributed by atoms with E-state index in [-0.39, 0.29) is 5.91 Å². The van der Waals surface area contributed by atoms with Crippen LogP contribution in [-0.2, 0) is 11.3 Å². The second-order valence-electron chi connectivity index (χ2n) is 5.95. The molecule has 0 bridgehead atoms. The predicted molar refractivity (Wildman–Crippen MR) is 88.6 cm³/mol. The van der Waals surface area contributed by atoms with Gasteiger partial charge in [0.2, 0.25) is 5.91 Å². The van der Waals surface area contributed by atoms with E-state index in [0.717, 1.165) is 28.7 Å². The van der Waals surface area contributed by atoms with Crippen LogP contribution in [0.4, 0.5) is 0 Å². The topological polar surface area (TPSA) is 49.6 Å². The number of nitrogens with two attached hydrogens (primary N) is 1. The molecule has 6 heteroatoms. The van der Waals surface area contributed by atoms with Gasteiger partial charge in [-0.2, -0.15) is 0 Å². The molecule has 0 aliphatic carbocycles. The molecule has 1 amide bonds. The van der Waals surface area contributed by atoms with Gasteiger partial charge in [0.1, 0.15) is 0 Å². The van der Waals surface area contributed by atoms with Crippen molar-refractivity contribution in [2.45, 2.75) is 19.9 Å². The summed E-state index contributed by atoms with van der Waals surface area (Å²) in [6, 6.07) is 3.85. The van der Waals surface area contributed by atoms with Crippen LogP contribution in [0.5, 0.6) is 0 Å². The fourth-order valence-corrected chi connectivity index (χ4v) is 3.89. The van der Waals surface area contributed by atoms with E-state index in [9.17, 15) is 4.79 Å². The molecule has 2 atom stereocenters. The molecule has 1 aliphatic rings. The van der Waals surface area contributed by atoms with Crippen molar-refractivity contribution in [3.63, 3.8) is 0 Å². The fourth-order valence-electron chi connectivity index (χ4n) is 2.75. The molecule has 0 aromatic carbocycles. The number of likely N-dealkylation sites (tertiary alicyclic amines) is 1. The summed E-state index contributed by atoms with van der Waals surface area (Å²) >= 11 is 7.44. The molecule has 118 valence electrons. The molecule has 2 N–H and O–H groups in total. The molecule has 1 aromatic heterocycles. The van der Waals surface area contributed by atoms with E-state index in [1.165, 1.54) is 11.3 Å². The minimum Gasteiger partial charge on any atom is -0.340 e. The number of piperidine rings is 1. The van der Waals surface area contributed by atoms with Crippen LogP contribution in [0.1, 0.15) is 18.2 Å². The van der Waals surface area contributed by atoms with Crippen molar-refractivity contribution in [3.8, 4) is 0 Å². The maximum atomic E-state index is 12.3. The quantitative estimate of drug-likeness (QED) is 0.901. The highest BCUT2D eigenvalue weighted by Gasteiger charge is 2.26. The van der Waals surface area contributed by atoms with E-state index in [0.29, 0.717) is 31.5 Å². The Bertz CT molecular complexity index is 479. The Hall–Kier alpha value is -0.620. The lowest BCUT2D eigenvalue weighted by Crippen LogP contribution is -2.46. The zero-order chi connectivity index (χ0) is 15.4. The van der Waals surface area contributed by atoms with E-state index in [2.05, 4.69) is 11.8 Å². The van der Waals surface area contributed by atoms with Gasteiger partial charge in [0.05, 0.1) is 17.4 Å². The molecule has 4 nitrogen and oxygen atoms in total. The van der Waals surface area contributed by atoms with Gasteiger partial charge in [0, 0.05) is 18.5 Å². The van der Waals surface area contributed by atoms with Crippen LogP contribution in [0.3, 0.4) is 0 Å². The molecular formula is C15H24ClN3OS. The first kappa shape index (κ1) is 16.7. The number of carbonyl (C=O) groups is 1. The van der Waals surface area contributed by atoms with Crippen LogP contribution in [0.15, 0.2) is 12.1 Å². The van der Waals surface area contributed by atoms with Crippen molar-refractivity contribution >= 4 is 28.8 Å². The molecule has 0 saturated carbocycles. The number of nitrogens with zero attached hydrogens (tertiary/aromatic N) is 2. The first-order valence-electron chi connectivity index (χ1n) is 7.40. The lowest BCUT2D eigenvalue weighted by atomic mass is 9.87. The fraction of sp³-hybridized carbons (Fsp3) is 0.667. The number of rotatable bonds is 5. The number of halogens is 1. The first-order valence-corrected chi connectivity index (χ1v) is 8.59. The zero-order valence-electron chi connectivity index (χ0n) is 12.7. The highest BCUT2D eigenvalue weighted by Crippen LogP contribution is 2.23. The number of likely N-dealkylation sites (N-methyl/N-ethyl adjacent to an activating group) is 1. The van der Waals surface area contributed by atoms with Crippen molar-refractivity contribution in [1.82, 2.24) is 9.80 Å². The van der Waals surface area contributed by atoms with Gasteiger partial charge in [0.15, 0.2) is 0 Å². The number of hydrogen-bond donors (Lipinski definition) is 1. The molecule has 1 aromatic rings. The molecular weight excluding hydrogens is 306 g/mol. The lowest BCUT2D eigenvalue weighted by molar-refractivity contribution is -0.132. The molecule has 21 heavy (non-hydrogen) atoms. The lowest BCUT2D eigenvalue weighted by Gasteiger charge is -2.36. The minimum atomic E-state index is 0.157. The zero-order valence-corrected chi connectivity index (χ0v) is 14.3. The Balaban J connectivity index is 1.83. The summed E-state index contributed by atoms with van der Waals surface area (Å²) in [4.78, 5) is 17.4. The van der Waals surface area contributed by atoms with Crippen molar-refractivity contribution in [2.24, 2.45) is 17.6 Å². The first-order chi connectivity index (χ1) is 9.99. The number of hydrogen-bond acceptors (Lipinski definition) is 4. The average molecular weight is 330 g/mol. The monoisotopic (exact) mass is 329 g/mol. The van der Waals surface area contributed by atoms with Crippen LogP contribution in [-0.4, -0.2) is 48.9 Å². The van der Waals surface area contributed by atoms with Gasteiger partial charge in [-0.15, -0.1) is 11.3 Å². The Morgan fingerprint density at radius 2 is 2.33 bits per heavy atom. The third-order valence-corrected chi connectivity index (χ3v) is 5.52. The molecule has 1 saturated heterocycles. The minimum absolute atomic E-state index is 0.157. The number of amides is 1. The van der Waals surface area contributed by atoms with E-state index >= 15 is 0 Å². The molecule has 0 spiro atoms. The summed E-state index contributed by atoms with van der Waals surface area (Å²) in [5.74, 6) is 1.32. The van der Waals surface area contributed by atoms with Gasteiger partial charge in [0.25, 0.3) is 0 Å². The van der Waals surface area contributed by atoms with Crippen molar-refractivity contribution in [2.75, 3.05) is 33.2 Å². The van der Waals surface area contributed by atoms with Gasteiger partial charge >= 0.3 is 0 Å². The Morgan fingerprint density at radius 1 is 1.57 bits per heavy atom. The summed E-state index contributed by atoms with van der Waals surface area (Å²) in [6.07, 6.45) is 1.12. The predicted octanol–water partition coefficient (Wildman–Crippen LogP) is 2.28. The summed E-state index contributed by atoms with van der Waals surface area (Å²) in [5.41, 5.74) is 5.82. The Morgan fingerprint density at radius 3 is 2.95 bits per heavy atom. The third kappa shape index (κ3) is 4.68. The molecule has 1 aliphatic heterocycles. The molecule has 0 radical (unpaired) electrons. The maximum absolute atomic E-state index is 12.3. The van der Waals surface area contributed by atoms with Crippen LogP contribution in [0, 0.1) is 11.8 Å². The van der Waals surface area contributed by atoms with Crippen LogP contribution < -0.4 is 5.73 Å². The van der Waals surface area contributed by atoms with E-state index in [1.54, 1.807) is 4.90 Å². The SMILES string of the molecule is CC1CCN(CC(=O)N(C)Cc2ccc(Cl)s2)CC1CN. The summed E-state index contributed by atoms with van der Waals surface area (Å²) < 4.78 is 0.765. The molecule has 2 rings (SSSR count). The summed E-state index contributed by atoms with van der Waals surface area (Å²) in [6.45, 7) is 5.99. The summed E-state index contributed by atoms with van der Waals surface area (Å²) in [5, 5.41) is 0. The van der Waals surface area contributed by atoms with Crippen molar-refractivity contribution in [3.05, 3.63) is 21.3 Å². The number of carbonyl (C=O) groups excluding carboxylic acids is 1. The maximum Gasteiger partial charge on any atom is 0.236 e. The van der Waals surface area contributed by atoms with Crippen LogP contribution >= 0.6 is 22.9 Å². The normalized spacial score (nSPS) is 23.2. The van der Waals surface area contributed by atoms with E-state index in [4.69, 9.17) is 17.3 Å². The van der Waals surface area contributed by atoms with Gasteiger partial charge < -0.3 is 10.6 Å². The van der Waals surface area contributed by atoms with Crippen molar-refractivity contribution in [1.29, 1.82) is 0 Å². The largest absolute Gasteiger partial charge is 0.340 e. The second-order valence-corrected chi connectivity index (χ2v) is 7.75. The van der Waals surface area contributed by atoms with E-state index < -0.39 is 0 Å². The highest BCUT2D eigenvalue weighted by molar-refractivity contribution is 7.16.